The van der Waals surface area contributed by atoms with Gasteiger partial charge in [-0.25, -0.2) is 18.3 Å². The first-order valence-electron chi connectivity index (χ1n) is 8.63. The molecule has 3 heterocycles. The monoisotopic (exact) mass is 459 g/mol. The normalized spacial score (nSPS) is 19.0. The summed E-state index contributed by atoms with van der Waals surface area (Å²) in [6.07, 6.45) is 0.893. The zero-order chi connectivity index (χ0) is 20.9. The molecule has 3 aromatic rings. The van der Waals surface area contributed by atoms with E-state index >= 15 is 0 Å². The van der Waals surface area contributed by atoms with Gasteiger partial charge in [-0.3, -0.25) is 4.79 Å². The molecule has 0 radical (unpaired) electrons. The van der Waals surface area contributed by atoms with Crippen molar-refractivity contribution in [2.24, 2.45) is 0 Å². The number of benzene rings is 1. The number of carbonyl (C=O) groups excluding carboxylic acids is 1. The van der Waals surface area contributed by atoms with Crippen molar-refractivity contribution in [3.63, 3.8) is 0 Å². The zero-order valence-electron chi connectivity index (χ0n) is 15.0. The molecule has 0 unspecified atom stereocenters. The van der Waals surface area contributed by atoms with Crippen LogP contribution in [0, 0.1) is 6.92 Å². The first kappa shape index (κ1) is 20.3. The summed E-state index contributed by atoms with van der Waals surface area (Å²) in [5, 5.41) is 4.35. The molecule has 1 aromatic carbocycles. The SMILES string of the molecule is Cc1cc([C@@H]2CN(C(=O)c3cc(Cl)c(Cl)c(Cl)c3)CC(F)(F)C2)n2ncnc2n1. The molecule has 1 aliphatic rings. The van der Waals surface area contributed by atoms with Crippen molar-refractivity contribution >= 4 is 46.5 Å². The second-order valence-corrected chi connectivity index (χ2v) is 8.18. The van der Waals surface area contributed by atoms with Gasteiger partial charge in [0.1, 0.15) is 6.33 Å². The number of fused-ring (bicyclic) bond motifs is 1. The van der Waals surface area contributed by atoms with Crippen molar-refractivity contribution in [2.45, 2.75) is 25.2 Å². The predicted octanol–water partition coefficient (Wildman–Crippen LogP) is 4.66. The number of likely N-dealkylation sites (tertiary alicyclic amines) is 1. The predicted molar refractivity (Wildman–Crippen MR) is 105 cm³/mol. The van der Waals surface area contributed by atoms with E-state index in [1.165, 1.54) is 23.0 Å². The highest BCUT2D eigenvalue weighted by molar-refractivity contribution is 6.48. The third kappa shape index (κ3) is 3.89. The Morgan fingerprint density at radius 1 is 1.21 bits per heavy atom. The maximum Gasteiger partial charge on any atom is 0.266 e. The van der Waals surface area contributed by atoms with Crippen molar-refractivity contribution in [3.05, 3.63) is 56.5 Å². The van der Waals surface area contributed by atoms with Gasteiger partial charge in [-0.2, -0.15) is 10.1 Å². The minimum Gasteiger partial charge on any atom is -0.332 e. The molecule has 1 fully saturated rings. The maximum absolute atomic E-state index is 14.6. The van der Waals surface area contributed by atoms with Gasteiger partial charge >= 0.3 is 0 Å². The van der Waals surface area contributed by atoms with Crippen LogP contribution in [0.3, 0.4) is 0 Å². The lowest BCUT2D eigenvalue weighted by Gasteiger charge is -2.37. The number of amides is 1. The number of alkyl halides is 2. The molecule has 1 aliphatic heterocycles. The lowest BCUT2D eigenvalue weighted by molar-refractivity contribution is -0.0641. The second kappa shape index (κ2) is 7.34. The number of carbonyl (C=O) groups is 1. The van der Waals surface area contributed by atoms with Crippen molar-refractivity contribution < 1.29 is 13.6 Å². The third-order valence-electron chi connectivity index (χ3n) is 4.75. The van der Waals surface area contributed by atoms with Crippen LogP contribution in [0.2, 0.25) is 15.1 Å². The topological polar surface area (TPSA) is 63.4 Å². The number of nitrogens with zero attached hydrogens (tertiary/aromatic N) is 5. The van der Waals surface area contributed by atoms with Crippen LogP contribution in [0.5, 0.6) is 0 Å². The van der Waals surface area contributed by atoms with E-state index in [0.717, 1.165) is 4.90 Å². The number of aryl methyl sites for hydroxylation is 1. The van der Waals surface area contributed by atoms with Crippen LogP contribution >= 0.6 is 34.8 Å². The van der Waals surface area contributed by atoms with E-state index in [2.05, 4.69) is 15.1 Å². The summed E-state index contributed by atoms with van der Waals surface area (Å²) in [5.74, 6) is -4.02. The molecular formula is C18H14Cl3F2N5O. The Bertz CT molecular complexity index is 1100. The molecule has 29 heavy (non-hydrogen) atoms. The van der Waals surface area contributed by atoms with Gasteiger partial charge in [0.05, 0.1) is 27.3 Å². The first-order valence-corrected chi connectivity index (χ1v) is 9.77. The lowest BCUT2D eigenvalue weighted by Crippen LogP contribution is -2.49. The molecule has 0 saturated carbocycles. The summed E-state index contributed by atoms with van der Waals surface area (Å²) < 4.78 is 30.6. The summed E-state index contributed by atoms with van der Waals surface area (Å²) in [4.78, 5) is 22.3. The minimum atomic E-state index is -3.08. The fourth-order valence-corrected chi connectivity index (χ4v) is 4.16. The largest absolute Gasteiger partial charge is 0.332 e. The molecule has 0 spiro atoms. The summed E-state index contributed by atoms with van der Waals surface area (Å²) in [5.41, 5.74) is 1.25. The fourth-order valence-electron chi connectivity index (χ4n) is 3.56. The molecule has 1 atom stereocenters. The van der Waals surface area contributed by atoms with Gasteiger partial charge in [-0.15, -0.1) is 0 Å². The summed E-state index contributed by atoms with van der Waals surface area (Å²) in [6.45, 7) is 1.12. The van der Waals surface area contributed by atoms with Crippen molar-refractivity contribution in [1.29, 1.82) is 0 Å². The molecule has 1 amide bonds. The summed E-state index contributed by atoms with van der Waals surface area (Å²) in [7, 11) is 0. The quantitative estimate of drug-likeness (QED) is 0.522. The van der Waals surface area contributed by atoms with E-state index in [-0.39, 0.29) is 27.2 Å². The average Bonchev–Trinajstić information content (AvgIpc) is 3.11. The molecule has 1 saturated heterocycles. The smallest absolute Gasteiger partial charge is 0.266 e. The van der Waals surface area contributed by atoms with Crippen molar-refractivity contribution in [1.82, 2.24) is 24.5 Å². The zero-order valence-corrected chi connectivity index (χ0v) is 17.3. The first-order chi connectivity index (χ1) is 13.6. The van der Waals surface area contributed by atoms with Gasteiger partial charge in [0, 0.05) is 30.1 Å². The van der Waals surface area contributed by atoms with E-state index < -0.39 is 30.7 Å². The number of halogens is 5. The van der Waals surface area contributed by atoms with E-state index in [9.17, 15) is 13.6 Å². The Labute approximate surface area is 179 Å². The highest BCUT2D eigenvalue weighted by Crippen LogP contribution is 2.38. The van der Waals surface area contributed by atoms with E-state index in [1.54, 1.807) is 13.0 Å². The second-order valence-electron chi connectivity index (χ2n) is 6.99. The van der Waals surface area contributed by atoms with Crippen LogP contribution in [0.25, 0.3) is 5.78 Å². The van der Waals surface area contributed by atoms with Gasteiger partial charge < -0.3 is 4.90 Å². The molecule has 2 aromatic heterocycles. The van der Waals surface area contributed by atoms with E-state index in [0.29, 0.717) is 17.2 Å². The highest BCUT2D eigenvalue weighted by Gasteiger charge is 2.43. The van der Waals surface area contributed by atoms with Crippen LogP contribution in [0.15, 0.2) is 24.5 Å². The summed E-state index contributed by atoms with van der Waals surface area (Å²) in [6, 6.07) is 4.34. The Balaban J connectivity index is 1.71. The van der Waals surface area contributed by atoms with Crippen molar-refractivity contribution in [2.75, 3.05) is 13.1 Å². The molecular weight excluding hydrogens is 447 g/mol. The molecule has 0 aliphatic carbocycles. The Morgan fingerprint density at radius 2 is 1.90 bits per heavy atom. The van der Waals surface area contributed by atoms with Crippen LogP contribution in [0.4, 0.5) is 8.78 Å². The molecule has 0 bridgehead atoms. The number of piperidine rings is 1. The van der Waals surface area contributed by atoms with Gasteiger partial charge in [0.2, 0.25) is 0 Å². The van der Waals surface area contributed by atoms with Crippen molar-refractivity contribution in [3.8, 4) is 0 Å². The Hall–Kier alpha value is -2.03. The third-order valence-corrected chi connectivity index (χ3v) is 5.95. The summed E-state index contributed by atoms with van der Waals surface area (Å²) >= 11 is 17.9. The van der Waals surface area contributed by atoms with E-state index in [1.807, 2.05) is 0 Å². The lowest BCUT2D eigenvalue weighted by atomic mass is 9.91. The van der Waals surface area contributed by atoms with Gasteiger partial charge in [0.15, 0.2) is 0 Å². The highest BCUT2D eigenvalue weighted by atomic mass is 35.5. The average molecular weight is 461 g/mol. The number of hydrogen-bond donors (Lipinski definition) is 0. The standard InChI is InChI=1S/C18H14Cl3F2N5O/c1-9-2-14(28-17(26-9)24-8-25-28)11-5-18(22,23)7-27(6-11)16(29)10-3-12(19)15(21)13(20)4-10/h2-4,8,11H,5-7H2,1H3/t11-/m0/s1. The maximum atomic E-state index is 14.6. The number of rotatable bonds is 2. The fraction of sp³-hybridized carbons (Fsp3) is 0.333. The van der Waals surface area contributed by atoms with Crippen LogP contribution in [-0.2, 0) is 0 Å². The van der Waals surface area contributed by atoms with Crippen LogP contribution < -0.4 is 0 Å². The molecule has 6 nitrogen and oxygen atoms in total. The van der Waals surface area contributed by atoms with E-state index in [4.69, 9.17) is 34.8 Å². The molecule has 0 N–H and O–H groups in total. The number of hydrogen-bond acceptors (Lipinski definition) is 4. The minimum absolute atomic E-state index is 0.0741. The van der Waals surface area contributed by atoms with Gasteiger partial charge in [0.25, 0.3) is 17.6 Å². The Morgan fingerprint density at radius 3 is 2.59 bits per heavy atom. The molecule has 4 rings (SSSR count). The van der Waals surface area contributed by atoms with Crippen LogP contribution in [-0.4, -0.2) is 49.4 Å². The number of aromatic nitrogens is 4. The van der Waals surface area contributed by atoms with Crippen LogP contribution in [0.1, 0.15) is 34.1 Å². The Kier molecular flexibility index (Phi) is 5.13. The molecule has 152 valence electrons. The molecule has 11 heteroatoms. The van der Waals surface area contributed by atoms with Gasteiger partial charge in [-0.1, -0.05) is 34.8 Å². The van der Waals surface area contributed by atoms with Gasteiger partial charge in [-0.05, 0) is 25.1 Å².